The molecule has 33 heavy (non-hydrogen) atoms. The van der Waals surface area contributed by atoms with E-state index in [2.05, 4.69) is 16.6 Å². The van der Waals surface area contributed by atoms with Crippen molar-refractivity contribution in [1.29, 1.82) is 0 Å². The second-order valence-electron chi connectivity index (χ2n) is 8.83. The van der Waals surface area contributed by atoms with Crippen LogP contribution in [0.4, 0.5) is 4.79 Å². The van der Waals surface area contributed by atoms with Gasteiger partial charge in [-0.1, -0.05) is 69.7 Å². The van der Waals surface area contributed by atoms with Gasteiger partial charge in [0.1, 0.15) is 11.5 Å². The van der Waals surface area contributed by atoms with Gasteiger partial charge in [0.25, 0.3) is 0 Å². The molecular weight excluding hydrogens is 416 g/mol. The number of pyridine rings is 1. The molecule has 7 nitrogen and oxygen atoms in total. The van der Waals surface area contributed by atoms with Gasteiger partial charge in [-0.15, -0.1) is 0 Å². The van der Waals surface area contributed by atoms with Gasteiger partial charge in [-0.2, -0.15) is 5.10 Å². The van der Waals surface area contributed by atoms with Gasteiger partial charge in [0.2, 0.25) is 0 Å². The predicted octanol–water partition coefficient (Wildman–Crippen LogP) is 5.91. The van der Waals surface area contributed by atoms with Crippen molar-refractivity contribution in [1.82, 2.24) is 19.7 Å². The summed E-state index contributed by atoms with van der Waals surface area (Å²) in [5.41, 5.74) is 2.42. The van der Waals surface area contributed by atoms with Crippen molar-refractivity contribution in [2.45, 2.75) is 71.3 Å². The maximum atomic E-state index is 11.0. The minimum Gasteiger partial charge on any atom is -0.449 e. The number of aromatic nitrogens is 4. The topological polar surface area (TPSA) is 90.1 Å². The van der Waals surface area contributed by atoms with E-state index in [1.165, 1.54) is 32.1 Å². The number of benzene rings is 1. The summed E-state index contributed by atoms with van der Waals surface area (Å²) in [6.45, 7) is 2.86. The highest BCUT2D eigenvalue weighted by atomic mass is 16.7. The van der Waals surface area contributed by atoms with Gasteiger partial charge in [-0.3, -0.25) is 4.98 Å². The minimum atomic E-state index is -1.35. The van der Waals surface area contributed by atoms with Crippen molar-refractivity contribution in [2.24, 2.45) is 5.92 Å². The monoisotopic (exact) mass is 448 g/mol. The molecule has 2 heterocycles. The summed E-state index contributed by atoms with van der Waals surface area (Å²) in [6, 6.07) is 11.2. The zero-order valence-electron chi connectivity index (χ0n) is 19.2. The highest BCUT2D eigenvalue weighted by Gasteiger charge is 2.18. The number of nitrogens with zero attached hydrogens (tertiary/aromatic N) is 4. The van der Waals surface area contributed by atoms with E-state index in [0.29, 0.717) is 18.2 Å². The van der Waals surface area contributed by atoms with Crippen LogP contribution in [0.25, 0.3) is 11.3 Å². The molecule has 0 radical (unpaired) electrons. The molecular formula is C26H32N4O3. The molecule has 0 spiro atoms. The van der Waals surface area contributed by atoms with E-state index in [4.69, 9.17) is 19.9 Å². The van der Waals surface area contributed by atoms with Gasteiger partial charge in [0, 0.05) is 24.6 Å². The largest absolute Gasteiger partial charge is 0.511 e. The van der Waals surface area contributed by atoms with E-state index in [9.17, 15) is 4.79 Å². The predicted molar refractivity (Wildman–Crippen MR) is 126 cm³/mol. The molecule has 3 aromatic rings. The maximum absolute atomic E-state index is 11.0. The Morgan fingerprint density at radius 3 is 2.67 bits per heavy atom. The van der Waals surface area contributed by atoms with Crippen LogP contribution < -0.4 is 4.74 Å². The summed E-state index contributed by atoms with van der Waals surface area (Å²) in [5, 5.41) is 13.9. The molecule has 0 atom stereocenters. The highest BCUT2D eigenvalue weighted by Crippen LogP contribution is 2.28. The number of unbranched alkanes of at least 4 members (excludes halogenated alkanes) is 1. The Bertz CT molecular complexity index is 1060. The number of carboxylic acid groups (broad SMARTS) is 1. The number of hydrogen-bond donors (Lipinski definition) is 1. The van der Waals surface area contributed by atoms with Crippen LogP contribution in [0.3, 0.4) is 0 Å². The lowest BCUT2D eigenvalue weighted by Crippen LogP contribution is -2.11. The van der Waals surface area contributed by atoms with Crippen molar-refractivity contribution >= 4 is 6.16 Å². The number of carbonyl (C=O) groups is 1. The van der Waals surface area contributed by atoms with Crippen LogP contribution in [0.15, 0.2) is 42.6 Å². The SMILES string of the molecule is CCCCc1nc(CC2CCCCC2)nn1Cc1ccc(-c2ncccc2OC(=O)O)cc1. The molecule has 0 bridgehead atoms. The number of ether oxygens (including phenoxy) is 1. The summed E-state index contributed by atoms with van der Waals surface area (Å²) < 4.78 is 6.93. The standard InChI is InChI=1S/C26H32N4O3/c1-2-3-11-24-28-23(17-19-8-5-4-6-9-19)29-30(24)18-20-12-14-21(15-13-20)25-22(33-26(31)32)10-7-16-27-25/h7,10,12-16,19H,2-6,8-9,11,17-18H2,1H3,(H,31,32). The molecule has 2 aromatic heterocycles. The molecule has 1 aliphatic carbocycles. The van der Waals surface area contributed by atoms with Crippen LogP contribution in [0.1, 0.15) is 69.1 Å². The van der Waals surface area contributed by atoms with Crippen molar-refractivity contribution in [3.05, 3.63) is 59.8 Å². The summed E-state index contributed by atoms with van der Waals surface area (Å²) >= 11 is 0. The molecule has 1 fully saturated rings. The summed E-state index contributed by atoms with van der Waals surface area (Å²) in [7, 11) is 0. The first kappa shape index (κ1) is 23.0. The Hall–Kier alpha value is -3.22. The zero-order chi connectivity index (χ0) is 23.0. The van der Waals surface area contributed by atoms with E-state index in [1.807, 2.05) is 24.3 Å². The summed E-state index contributed by atoms with van der Waals surface area (Å²) in [4.78, 5) is 20.2. The highest BCUT2D eigenvalue weighted by molar-refractivity contribution is 5.71. The van der Waals surface area contributed by atoms with Gasteiger partial charge in [-0.25, -0.2) is 14.5 Å². The van der Waals surface area contributed by atoms with E-state index in [-0.39, 0.29) is 5.75 Å². The molecule has 0 amide bonds. The Morgan fingerprint density at radius 2 is 1.94 bits per heavy atom. The molecule has 1 saturated carbocycles. The Kier molecular flexibility index (Phi) is 7.70. The Morgan fingerprint density at radius 1 is 1.15 bits per heavy atom. The first-order chi connectivity index (χ1) is 16.1. The summed E-state index contributed by atoms with van der Waals surface area (Å²) in [5.74, 6) is 2.99. The molecule has 174 valence electrons. The van der Waals surface area contributed by atoms with Crippen molar-refractivity contribution < 1.29 is 14.6 Å². The third-order valence-electron chi connectivity index (χ3n) is 6.27. The molecule has 0 aliphatic heterocycles. The molecule has 0 saturated heterocycles. The van der Waals surface area contributed by atoms with Gasteiger partial charge < -0.3 is 9.84 Å². The normalized spacial score (nSPS) is 14.3. The average Bonchev–Trinajstić information content (AvgIpc) is 3.19. The molecule has 1 N–H and O–H groups in total. The van der Waals surface area contributed by atoms with Gasteiger partial charge in [-0.05, 0) is 30.0 Å². The van der Waals surface area contributed by atoms with Gasteiger partial charge in [0.15, 0.2) is 11.6 Å². The fraction of sp³-hybridized carbons (Fsp3) is 0.462. The van der Waals surface area contributed by atoms with Crippen LogP contribution in [0.5, 0.6) is 5.75 Å². The summed E-state index contributed by atoms with van der Waals surface area (Å²) in [6.07, 6.45) is 11.0. The first-order valence-corrected chi connectivity index (χ1v) is 12.0. The molecule has 7 heteroatoms. The first-order valence-electron chi connectivity index (χ1n) is 12.0. The maximum Gasteiger partial charge on any atom is 0.511 e. The third kappa shape index (κ3) is 6.18. The second kappa shape index (κ2) is 11.1. The smallest absolute Gasteiger partial charge is 0.449 e. The van der Waals surface area contributed by atoms with E-state index in [1.54, 1.807) is 18.3 Å². The second-order valence-corrected chi connectivity index (χ2v) is 8.83. The van der Waals surface area contributed by atoms with Gasteiger partial charge >= 0.3 is 6.16 Å². The van der Waals surface area contributed by atoms with E-state index in [0.717, 1.165) is 48.5 Å². The fourth-order valence-electron chi connectivity index (χ4n) is 4.53. The molecule has 1 aromatic carbocycles. The van der Waals surface area contributed by atoms with Gasteiger partial charge in [0.05, 0.1) is 6.54 Å². The third-order valence-corrected chi connectivity index (χ3v) is 6.27. The Balaban J connectivity index is 1.50. The quantitative estimate of drug-likeness (QED) is 0.409. The zero-order valence-corrected chi connectivity index (χ0v) is 19.2. The van der Waals surface area contributed by atoms with Crippen LogP contribution in [-0.4, -0.2) is 31.0 Å². The van der Waals surface area contributed by atoms with Crippen molar-refractivity contribution in [2.75, 3.05) is 0 Å². The van der Waals surface area contributed by atoms with Crippen LogP contribution in [-0.2, 0) is 19.4 Å². The number of hydrogen-bond acceptors (Lipinski definition) is 5. The fourth-order valence-corrected chi connectivity index (χ4v) is 4.53. The van der Waals surface area contributed by atoms with Crippen LogP contribution in [0.2, 0.25) is 0 Å². The lowest BCUT2D eigenvalue weighted by atomic mass is 9.87. The van der Waals surface area contributed by atoms with Crippen LogP contribution in [0, 0.1) is 5.92 Å². The van der Waals surface area contributed by atoms with Crippen LogP contribution >= 0.6 is 0 Å². The Labute approximate surface area is 194 Å². The molecule has 0 unspecified atom stereocenters. The van der Waals surface area contributed by atoms with Crippen molar-refractivity contribution in [3.63, 3.8) is 0 Å². The van der Waals surface area contributed by atoms with E-state index >= 15 is 0 Å². The number of rotatable bonds is 9. The molecule has 4 rings (SSSR count). The van der Waals surface area contributed by atoms with Crippen molar-refractivity contribution in [3.8, 4) is 17.0 Å². The molecule has 1 aliphatic rings. The number of aryl methyl sites for hydroxylation is 1. The minimum absolute atomic E-state index is 0.225. The lowest BCUT2D eigenvalue weighted by molar-refractivity contribution is 0.144. The lowest BCUT2D eigenvalue weighted by Gasteiger charge is -2.19. The average molecular weight is 449 g/mol. The van der Waals surface area contributed by atoms with E-state index < -0.39 is 6.16 Å².